The summed E-state index contributed by atoms with van der Waals surface area (Å²) in [6.45, 7) is 5.95. The summed E-state index contributed by atoms with van der Waals surface area (Å²) in [6, 6.07) is 13.1. The third kappa shape index (κ3) is 8.71. The number of ether oxygens (including phenoxy) is 1. The third-order valence-corrected chi connectivity index (χ3v) is 7.02. The molecule has 1 N–H and O–H groups in total. The van der Waals surface area contributed by atoms with Crippen molar-refractivity contribution in [3.63, 3.8) is 0 Å². The number of nitrogens with zero attached hydrogens (tertiary/aromatic N) is 2. The lowest BCUT2D eigenvalue weighted by Gasteiger charge is -2.31. The quantitative estimate of drug-likeness (QED) is 0.412. The maximum Gasteiger partial charge on any atom is 0.243 e. The van der Waals surface area contributed by atoms with Crippen molar-refractivity contribution in [1.29, 1.82) is 0 Å². The molecule has 36 heavy (non-hydrogen) atoms. The lowest BCUT2D eigenvalue weighted by molar-refractivity contribution is -0.141. The van der Waals surface area contributed by atoms with Gasteiger partial charge < -0.3 is 15.0 Å². The Hall–Kier alpha value is -2.78. The molecule has 0 aliphatic rings. The van der Waals surface area contributed by atoms with Crippen molar-refractivity contribution in [1.82, 2.24) is 10.2 Å². The number of nitrogens with one attached hydrogen (secondary N) is 1. The minimum absolute atomic E-state index is 0.0667. The Kier molecular flexibility index (Phi) is 11.0. The van der Waals surface area contributed by atoms with E-state index in [0.29, 0.717) is 22.9 Å². The average Bonchev–Trinajstić information content (AvgIpc) is 2.81. The second-order valence-corrected chi connectivity index (χ2v) is 11.2. The molecule has 0 heterocycles. The van der Waals surface area contributed by atoms with E-state index in [4.69, 9.17) is 16.3 Å². The lowest BCUT2D eigenvalue weighted by Crippen LogP contribution is -2.50. The van der Waals surface area contributed by atoms with Crippen LogP contribution in [0.2, 0.25) is 5.02 Å². The molecule has 2 aromatic rings. The number of carbonyl (C=O) groups is 2. The molecule has 198 valence electrons. The summed E-state index contributed by atoms with van der Waals surface area (Å²) in [5.41, 5.74) is 1.31. The Morgan fingerprint density at radius 1 is 1.11 bits per heavy atom. The van der Waals surface area contributed by atoms with Crippen LogP contribution >= 0.6 is 11.6 Å². The fourth-order valence-corrected chi connectivity index (χ4v) is 4.97. The molecule has 0 saturated heterocycles. The number of methoxy groups -OCH3 is 1. The van der Waals surface area contributed by atoms with E-state index in [1.807, 2.05) is 45.0 Å². The normalized spacial score (nSPS) is 12.2. The van der Waals surface area contributed by atoms with Crippen molar-refractivity contribution in [3.8, 4) is 5.75 Å². The van der Waals surface area contributed by atoms with Crippen LogP contribution in [-0.2, 0) is 26.2 Å². The molecule has 0 bridgehead atoms. The summed E-state index contributed by atoms with van der Waals surface area (Å²) in [5.74, 6) is 0.210. The van der Waals surface area contributed by atoms with Crippen LogP contribution in [0.5, 0.6) is 5.75 Å². The number of amides is 2. The van der Waals surface area contributed by atoms with Crippen LogP contribution in [-0.4, -0.2) is 57.1 Å². The van der Waals surface area contributed by atoms with Gasteiger partial charge in [-0.05, 0) is 68.7 Å². The Morgan fingerprint density at radius 3 is 2.33 bits per heavy atom. The number of rotatable bonds is 13. The fraction of sp³-hybridized carbons (Fsp3) is 0.462. The van der Waals surface area contributed by atoms with E-state index >= 15 is 0 Å². The average molecular weight is 538 g/mol. The largest absolute Gasteiger partial charge is 0.497 e. The van der Waals surface area contributed by atoms with E-state index in [1.54, 1.807) is 36.3 Å². The van der Waals surface area contributed by atoms with Crippen LogP contribution in [0, 0.1) is 0 Å². The summed E-state index contributed by atoms with van der Waals surface area (Å²) >= 11 is 5.94. The van der Waals surface area contributed by atoms with Crippen molar-refractivity contribution in [2.75, 3.05) is 24.2 Å². The van der Waals surface area contributed by atoms with E-state index in [9.17, 15) is 18.0 Å². The molecule has 2 amide bonds. The smallest absolute Gasteiger partial charge is 0.243 e. The molecule has 0 radical (unpaired) electrons. The maximum absolute atomic E-state index is 13.4. The first kappa shape index (κ1) is 29.5. The van der Waals surface area contributed by atoms with Crippen molar-refractivity contribution >= 4 is 39.1 Å². The van der Waals surface area contributed by atoms with Crippen molar-refractivity contribution in [3.05, 3.63) is 59.1 Å². The van der Waals surface area contributed by atoms with Gasteiger partial charge in [0.1, 0.15) is 11.8 Å². The van der Waals surface area contributed by atoms with Gasteiger partial charge in [0.25, 0.3) is 0 Å². The van der Waals surface area contributed by atoms with Crippen LogP contribution < -0.4 is 14.4 Å². The third-order valence-electron chi connectivity index (χ3n) is 5.57. The monoisotopic (exact) mass is 537 g/mol. The Balaban J connectivity index is 2.23. The SMILES string of the molecule is CC[C@@H](C(=O)NC(C)C)N(Cc1cccc(OC)c1)C(=O)CCCN(c1ccc(Cl)cc1)S(C)(=O)=O. The van der Waals surface area contributed by atoms with Crippen LogP contribution in [0.25, 0.3) is 0 Å². The van der Waals surface area contributed by atoms with Gasteiger partial charge >= 0.3 is 0 Å². The Labute approximate surface area is 219 Å². The fourth-order valence-electron chi connectivity index (χ4n) is 3.88. The molecule has 1 atom stereocenters. The minimum atomic E-state index is -3.57. The highest BCUT2D eigenvalue weighted by molar-refractivity contribution is 7.92. The van der Waals surface area contributed by atoms with Crippen molar-refractivity contribution < 1.29 is 22.7 Å². The Bertz CT molecular complexity index is 1120. The number of sulfonamides is 1. The van der Waals surface area contributed by atoms with Gasteiger partial charge in [-0.2, -0.15) is 0 Å². The first-order chi connectivity index (χ1) is 17.0. The number of hydrogen-bond donors (Lipinski definition) is 1. The number of hydrogen-bond acceptors (Lipinski definition) is 5. The van der Waals surface area contributed by atoms with E-state index in [1.165, 1.54) is 4.31 Å². The highest BCUT2D eigenvalue weighted by Crippen LogP contribution is 2.22. The van der Waals surface area contributed by atoms with Crippen LogP contribution in [0.1, 0.15) is 45.6 Å². The molecular formula is C26H36ClN3O5S. The van der Waals surface area contributed by atoms with Crippen molar-refractivity contribution in [2.45, 2.75) is 58.7 Å². The van der Waals surface area contributed by atoms with Gasteiger partial charge in [-0.25, -0.2) is 8.42 Å². The van der Waals surface area contributed by atoms with Gasteiger partial charge in [-0.1, -0.05) is 30.7 Å². The predicted octanol–water partition coefficient (Wildman–Crippen LogP) is 4.23. The van der Waals surface area contributed by atoms with Gasteiger partial charge in [-0.3, -0.25) is 13.9 Å². The summed E-state index contributed by atoms with van der Waals surface area (Å²) < 4.78 is 31.4. The highest BCUT2D eigenvalue weighted by atomic mass is 35.5. The zero-order chi connectivity index (χ0) is 26.9. The highest BCUT2D eigenvalue weighted by Gasteiger charge is 2.29. The number of anilines is 1. The van der Waals surface area contributed by atoms with Crippen LogP contribution in [0.3, 0.4) is 0 Å². The molecule has 2 aromatic carbocycles. The summed E-state index contributed by atoms with van der Waals surface area (Å²) in [4.78, 5) is 27.9. The number of carbonyl (C=O) groups excluding carboxylic acids is 2. The first-order valence-corrected chi connectivity index (χ1v) is 14.1. The Morgan fingerprint density at radius 2 is 1.78 bits per heavy atom. The molecule has 2 rings (SSSR count). The van der Waals surface area contributed by atoms with Crippen LogP contribution in [0.4, 0.5) is 5.69 Å². The molecule has 0 fully saturated rings. The summed E-state index contributed by atoms with van der Waals surface area (Å²) in [7, 11) is -2.00. The molecule has 0 unspecified atom stereocenters. The molecule has 0 spiro atoms. The zero-order valence-electron chi connectivity index (χ0n) is 21.5. The van der Waals surface area contributed by atoms with Gasteiger partial charge in [0.2, 0.25) is 21.8 Å². The molecular weight excluding hydrogens is 502 g/mol. The minimum Gasteiger partial charge on any atom is -0.497 e. The summed E-state index contributed by atoms with van der Waals surface area (Å²) in [6.07, 6.45) is 1.93. The molecule has 10 heteroatoms. The van der Waals surface area contributed by atoms with Gasteiger partial charge in [0.05, 0.1) is 19.1 Å². The molecule has 0 aliphatic heterocycles. The second kappa shape index (κ2) is 13.5. The van der Waals surface area contributed by atoms with Crippen molar-refractivity contribution in [2.24, 2.45) is 0 Å². The maximum atomic E-state index is 13.4. The van der Waals surface area contributed by atoms with E-state index in [0.717, 1.165) is 11.8 Å². The van der Waals surface area contributed by atoms with Crippen LogP contribution in [0.15, 0.2) is 48.5 Å². The van der Waals surface area contributed by atoms with Gasteiger partial charge in [-0.15, -0.1) is 0 Å². The standard InChI is InChI=1S/C26H36ClN3O5S/c1-6-24(26(32)28-19(2)3)29(18-20-9-7-10-23(17-20)35-4)25(31)11-8-16-30(36(5,33)34)22-14-12-21(27)13-15-22/h7,9-10,12-15,17,19,24H,6,8,11,16,18H2,1-5H3,(H,28,32)/t24-/m0/s1. The van der Waals surface area contributed by atoms with E-state index in [2.05, 4.69) is 5.32 Å². The molecule has 0 saturated carbocycles. The topological polar surface area (TPSA) is 96.0 Å². The number of halogens is 1. The molecule has 8 nitrogen and oxygen atoms in total. The zero-order valence-corrected chi connectivity index (χ0v) is 23.1. The van der Waals surface area contributed by atoms with E-state index in [-0.39, 0.29) is 43.8 Å². The molecule has 0 aromatic heterocycles. The lowest BCUT2D eigenvalue weighted by atomic mass is 10.1. The predicted molar refractivity (Wildman–Crippen MR) is 144 cm³/mol. The van der Waals surface area contributed by atoms with Gasteiger partial charge in [0.15, 0.2) is 0 Å². The van der Waals surface area contributed by atoms with Gasteiger partial charge in [0, 0.05) is 30.6 Å². The van der Waals surface area contributed by atoms with E-state index < -0.39 is 16.1 Å². The number of benzene rings is 2. The first-order valence-electron chi connectivity index (χ1n) is 11.9. The second-order valence-electron chi connectivity index (χ2n) is 8.88. The molecule has 0 aliphatic carbocycles. The summed E-state index contributed by atoms with van der Waals surface area (Å²) in [5, 5.41) is 3.40.